The zero-order chi connectivity index (χ0) is 17.0. The van der Waals surface area contributed by atoms with Crippen LogP contribution in [0.5, 0.6) is 0 Å². The summed E-state index contributed by atoms with van der Waals surface area (Å²) in [5.74, 6) is -1.47. The fourth-order valence-corrected chi connectivity index (χ4v) is 3.21. The summed E-state index contributed by atoms with van der Waals surface area (Å²) in [6.07, 6.45) is 15.5. The van der Waals surface area contributed by atoms with Gasteiger partial charge in [-0.15, -0.1) is 0 Å². The first kappa shape index (κ1) is 18.6. The van der Waals surface area contributed by atoms with Crippen LogP contribution >= 0.6 is 0 Å². The molecule has 2 aliphatic carbocycles. The smallest absolute Gasteiger partial charge is 0.262 e. The van der Waals surface area contributed by atoms with Gasteiger partial charge in [-0.25, -0.2) is 10.9 Å². The second kappa shape index (κ2) is 10.9. The summed E-state index contributed by atoms with van der Waals surface area (Å²) in [6.45, 7) is 0. The van der Waals surface area contributed by atoms with E-state index in [1.807, 2.05) is 0 Å². The first-order valence-electron chi connectivity index (χ1n) is 9.47. The maximum absolute atomic E-state index is 11.8. The average molecular weight is 334 g/mol. The molecule has 6 nitrogen and oxygen atoms in total. The Morgan fingerprint density at radius 1 is 0.542 bits per heavy atom. The van der Waals surface area contributed by atoms with Gasteiger partial charge in [0.05, 0.1) is 0 Å². The van der Waals surface area contributed by atoms with Crippen LogP contribution < -0.4 is 10.9 Å². The van der Waals surface area contributed by atoms with Gasteiger partial charge in [-0.1, -0.05) is 38.5 Å². The van der Waals surface area contributed by atoms with Crippen molar-refractivity contribution >= 4 is 23.2 Å². The predicted octanol–water partition coefficient (Wildman–Crippen LogP) is 3.42. The summed E-state index contributed by atoms with van der Waals surface area (Å²) < 4.78 is 0. The molecule has 0 bridgehead atoms. The Morgan fingerprint density at radius 3 is 1.17 bits per heavy atom. The summed E-state index contributed by atoms with van der Waals surface area (Å²) in [7, 11) is 0. The lowest BCUT2D eigenvalue weighted by Gasteiger charge is -2.11. The van der Waals surface area contributed by atoms with Gasteiger partial charge in [-0.3, -0.25) is 9.59 Å². The Bertz CT molecular complexity index is 421. The number of amides is 2. The molecule has 0 heterocycles. The number of rotatable bonds is 2. The minimum Gasteiger partial charge on any atom is -0.262 e. The van der Waals surface area contributed by atoms with Crippen LogP contribution in [-0.2, 0) is 9.59 Å². The highest BCUT2D eigenvalue weighted by molar-refractivity contribution is 6.35. The number of carbonyl (C=O) groups is 2. The van der Waals surface area contributed by atoms with Crippen LogP contribution in [-0.4, -0.2) is 23.2 Å². The van der Waals surface area contributed by atoms with E-state index in [0.717, 1.165) is 62.8 Å². The summed E-state index contributed by atoms with van der Waals surface area (Å²) in [4.78, 5) is 23.7. The van der Waals surface area contributed by atoms with Crippen LogP contribution in [0.15, 0.2) is 10.2 Å². The van der Waals surface area contributed by atoms with E-state index in [4.69, 9.17) is 0 Å². The van der Waals surface area contributed by atoms with E-state index >= 15 is 0 Å². The lowest BCUT2D eigenvalue weighted by molar-refractivity contribution is -0.139. The monoisotopic (exact) mass is 334 g/mol. The first-order valence-corrected chi connectivity index (χ1v) is 9.47. The molecule has 2 aliphatic rings. The molecule has 2 rings (SSSR count). The number of carbonyl (C=O) groups excluding carboxylic acids is 2. The van der Waals surface area contributed by atoms with Gasteiger partial charge in [0.2, 0.25) is 0 Å². The SMILES string of the molecule is O=C(NN=C1CCCCCCC1)C(=O)NN=C1CCCCCCC1. The molecule has 2 saturated carbocycles. The third-order valence-electron chi connectivity index (χ3n) is 4.70. The third kappa shape index (κ3) is 7.23. The van der Waals surface area contributed by atoms with Crippen molar-refractivity contribution in [1.82, 2.24) is 10.9 Å². The summed E-state index contributed by atoms with van der Waals surface area (Å²) in [6, 6.07) is 0. The number of nitrogens with zero attached hydrogens (tertiary/aromatic N) is 2. The van der Waals surface area contributed by atoms with Crippen molar-refractivity contribution in [3.05, 3.63) is 0 Å². The molecule has 24 heavy (non-hydrogen) atoms. The van der Waals surface area contributed by atoms with E-state index in [9.17, 15) is 9.59 Å². The normalized spacial score (nSPS) is 20.0. The van der Waals surface area contributed by atoms with Crippen LogP contribution in [0.2, 0.25) is 0 Å². The number of hydrogen-bond acceptors (Lipinski definition) is 4. The van der Waals surface area contributed by atoms with Gasteiger partial charge in [0.15, 0.2) is 0 Å². The molecule has 0 aromatic rings. The molecule has 6 heteroatoms. The van der Waals surface area contributed by atoms with E-state index in [1.165, 1.54) is 38.5 Å². The van der Waals surface area contributed by atoms with Crippen LogP contribution in [0.1, 0.15) is 89.9 Å². The lowest BCUT2D eigenvalue weighted by atomic mass is 9.99. The Balaban J connectivity index is 1.77. The minimum atomic E-state index is -0.736. The van der Waals surface area contributed by atoms with Crippen molar-refractivity contribution < 1.29 is 9.59 Å². The molecule has 0 aromatic heterocycles. The van der Waals surface area contributed by atoms with Crippen molar-refractivity contribution in [1.29, 1.82) is 0 Å². The van der Waals surface area contributed by atoms with Crippen molar-refractivity contribution in [2.75, 3.05) is 0 Å². The Kier molecular flexibility index (Phi) is 8.49. The predicted molar refractivity (Wildman–Crippen MR) is 95.8 cm³/mol. The highest BCUT2D eigenvalue weighted by atomic mass is 16.2. The molecule has 2 amide bonds. The minimum absolute atomic E-state index is 0.736. The van der Waals surface area contributed by atoms with Gasteiger partial charge < -0.3 is 0 Å². The molecule has 2 N–H and O–H groups in total. The summed E-state index contributed by atoms with van der Waals surface area (Å²) in [5, 5.41) is 8.27. The number of nitrogens with one attached hydrogen (secondary N) is 2. The lowest BCUT2D eigenvalue weighted by Crippen LogP contribution is -2.36. The molecule has 0 atom stereocenters. The number of hydrogen-bond donors (Lipinski definition) is 2. The number of hydrazone groups is 2. The first-order chi connectivity index (χ1) is 11.8. The van der Waals surface area contributed by atoms with Crippen LogP contribution in [0.25, 0.3) is 0 Å². The summed E-state index contributed by atoms with van der Waals surface area (Å²) in [5.41, 5.74) is 6.73. The fourth-order valence-electron chi connectivity index (χ4n) is 3.21. The Morgan fingerprint density at radius 2 is 0.833 bits per heavy atom. The highest BCUT2D eigenvalue weighted by Gasteiger charge is 2.14. The maximum atomic E-state index is 11.8. The average Bonchev–Trinajstić information content (AvgIpc) is 2.52. The van der Waals surface area contributed by atoms with Crippen molar-refractivity contribution in [3.63, 3.8) is 0 Å². The van der Waals surface area contributed by atoms with Crippen LogP contribution in [0, 0.1) is 0 Å². The quantitative estimate of drug-likeness (QED) is 0.599. The van der Waals surface area contributed by atoms with Crippen LogP contribution in [0.4, 0.5) is 0 Å². The van der Waals surface area contributed by atoms with Crippen molar-refractivity contribution in [2.24, 2.45) is 10.2 Å². The molecule has 0 radical (unpaired) electrons. The van der Waals surface area contributed by atoms with Gasteiger partial charge >= 0.3 is 11.8 Å². The molecule has 0 aromatic carbocycles. The Labute approximate surface area is 144 Å². The highest BCUT2D eigenvalue weighted by Crippen LogP contribution is 2.15. The molecule has 0 spiro atoms. The van der Waals surface area contributed by atoms with E-state index in [-0.39, 0.29) is 0 Å². The van der Waals surface area contributed by atoms with E-state index in [0.29, 0.717) is 0 Å². The van der Waals surface area contributed by atoms with Gasteiger partial charge in [0.25, 0.3) is 0 Å². The molecule has 134 valence electrons. The molecule has 0 saturated heterocycles. The van der Waals surface area contributed by atoms with Gasteiger partial charge in [-0.05, 0) is 51.4 Å². The molecule has 0 aliphatic heterocycles. The van der Waals surface area contributed by atoms with Gasteiger partial charge in [0.1, 0.15) is 0 Å². The van der Waals surface area contributed by atoms with Crippen molar-refractivity contribution in [2.45, 2.75) is 89.9 Å². The Hall–Kier alpha value is -1.72. The molecular weight excluding hydrogens is 304 g/mol. The topological polar surface area (TPSA) is 82.9 Å². The second-order valence-electron chi connectivity index (χ2n) is 6.77. The standard InChI is InChI=1S/C18H30N4O2/c23-17(21-19-15-11-7-3-1-4-8-12-15)18(24)22-20-16-13-9-5-2-6-10-14-16/h1-14H2,(H,21,23)(H,22,24). The zero-order valence-electron chi connectivity index (χ0n) is 14.6. The largest absolute Gasteiger partial charge is 0.331 e. The van der Waals surface area contributed by atoms with Gasteiger partial charge in [-0.2, -0.15) is 10.2 Å². The molecule has 0 unspecified atom stereocenters. The third-order valence-corrected chi connectivity index (χ3v) is 4.70. The molecular formula is C18H30N4O2. The van der Waals surface area contributed by atoms with E-state index < -0.39 is 11.8 Å². The summed E-state index contributed by atoms with van der Waals surface area (Å²) >= 11 is 0. The maximum Gasteiger partial charge on any atom is 0.331 e. The van der Waals surface area contributed by atoms with Crippen molar-refractivity contribution in [3.8, 4) is 0 Å². The fraction of sp³-hybridized carbons (Fsp3) is 0.778. The van der Waals surface area contributed by atoms with E-state index in [1.54, 1.807) is 0 Å². The van der Waals surface area contributed by atoms with Gasteiger partial charge in [0, 0.05) is 11.4 Å². The van der Waals surface area contributed by atoms with Crippen LogP contribution in [0.3, 0.4) is 0 Å². The zero-order valence-corrected chi connectivity index (χ0v) is 14.6. The molecule has 2 fully saturated rings. The van der Waals surface area contributed by atoms with E-state index in [2.05, 4.69) is 21.1 Å². The second-order valence-corrected chi connectivity index (χ2v) is 6.77.